The van der Waals surface area contributed by atoms with Crippen molar-refractivity contribution in [2.45, 2.75) is 27.2 Å². The summed E-state index contributed by atoms with van der Waals surface area (Å²) in [6.45, 7) is 5.77. The normalized spacial score (nSPS) is 11.2. The Morgan fingerprint density at radius 3 is 2.80 bits per heavy atom. The van der Waals surface area contributed by atoms with Crippen LogP contribution in [0.5, 0.6) is 0 Å². The lowest BCUT2D eigenvalue weighted by Gasteiger charge is -2.20. The molecule has 0 aliphatic heterocycles. The maximum atomic E-state index is 11.8. The van der Waals surface area contributed by atoms with Crippen molar-refractivity contribution in [3.05, 3.63) is 23.4 Å². The summed E-state index contributed by atoms with van der Waals surface area (Å²) in [6.07, 6.45) is 2.34. The molecule has 4 heteroatoms. The number of carbonyl (C=O) groups excluding carboxylic acids is 1. The number of aromatic nitrogens is 1. The number of nitrogens with zero attached hydrogens (tertiary/aromatic N) is 1. The molecule has 82 valence electrons. The number of nitrogens with one attached hydrogen (secondary N) is 1. The van der Waals surface area contributed by atoms with Crippen LogP contribution in [0.3, 0.4) is 0 Å². The van der Waals surface area contributed by atoms with Crippen molar-refractivity contribution in [3.63, 3.8) is 0 Å². The quantitative estimate of drug-likeness (QED) is 0.861. The molecule has 1 amide bonds. The molecule has 0 saturated heterocycles. The summed E-state index contributed by atoms with van der Waals surface area (Å²) in [5.74, 6) is 0.453. The smallest absolute Gasteiger partial charge is 0.231 e. The Kier molecular flexibility index (Phi) is 3.69. The number of hydrogen-bond acceptors (Lipinski definition) is 2. The molecule has 0 spiro atoms. The fraction of sp³-hybridized carbons (Fsp3) is 0.455. The van der Waals surface area contributed by atoms with E-state index >= 15 is 0 Å². The predicted octanol–water partition coefficient (Wildman–Crippen LogP) is 3.11. The van der Waals surface area contributed by atoms with Crippen LogP contribution in [0, 0.1) is 5.41 Å². The van der Waals surface area contributed by atoms with Gasteiger partial charge >= 0.3 is 0 Å². The van der Waals surface area contributed by atoms with Gasteiger partial charge in [0.2, 0.25) is 5.91 Å². The maximum Gasteiger partial charge on any atom is 0.231 e. The lowest BCUT2D eigenvalue weighted by atomic mass is 9.89. The van der Waals surface area contributed by atoms with Gasteiger partial charge in [-0.15, -0.1) is 0 Å². The molecule has 0 bridgehead atoms. The van der Waals surface area contributed by atoms with Crippen molar-refractivity contribution < 1.29 is 4.79 Å². The van der Waals surface area contributed by atoms with Crippen LogP contribution < -0.4 is 5.32 Å². The van der Waals surface area contributed by atoms with Gasteiger partial charge in [-0.05, 0) is 18.6 Å². The monoisotopic (exact) mass is 226 g/mol. The molecule has 0 radical (unpaired) electrons. The molecule has 1 rings (SSSR count). The van der Waals surface area contributed by atoms with Crippen LogP contribution in [0.2, 0.25) is 5.02 Å². The van der Waals surface area contributed by atoms with Gasteiger partial charge in [-0.3, -0.25) is 4.79 Å². The van der Waals surface area contributed by atoms with E-state index in [-0.39, 0.29) is 11.3 Å². The first-order chi connectivity index (χ1) is 6.95. The molecule has 0 saturated carbocycles. The Balaban J connectivity index is 2.75. The third-order valence-corrected chi connectivity index (χ3v) is 2.70. The van der Waals surface area contributed by atoms with Gasteiger partial charge in [0.25, 0.3) is 0 Å². The van der Waals surface area contributed by atoms with Crippen LogP contribution in [0.15, 0.2) is 18.3 Å². The highest BCUT2D eigenvalue weighted by Gasteiger charge is 2.25. The first-order valence-corrected chi connectivity index (χ1v) is 5.26. The summed E-state index contributed by atoms with van der Waals surface area (Å²) >= 11 is 5.79. The summed E-state index contributed by atoms with van der Waals surface area (Å²) in [5, 5.41) is 3.30. The SMILES string of the molecule is CCC(C)(C)C(=O)Nc1cc(Cl)ccn1. The van der Waals surface area contributed by atoms with Crippen molar-refractivity contribution >= 4 is 23.3 Å². The Morgan fingerprint density at radius 1 is 1.60 bits per heavy atom. The van der Waals surface area contributed by atoms with Crippen LogP contribution in [0.1, 0.15) is 27.2 Å². The maximum absolute atomic E-state index is 11.8. The lowest BCUT2D eigenvalue weighted by Crippen LogP contribution is -2.30. The average Bonchev–Trinajstić information content (AvgIpc) is 2.17. The van der Waals surface area contributed by atoms with Gasteiger partial charge in [0.05, 0.1) is 0 Å². The number of rotatable bonds is 3. The molecule has 0 aliphatic carbocycles. The zero-order valence-electron chi connectivity index (χ0n) is 9.17. The Morgan fingerprint density at radius 2 is 2.27 bits per heavy atom. The average molecular weight is 227 g/mol. The highest BCUT2D eigenvalue weighted by Crippen LogP contribution is 2.22. The predicted molar refractivity (Wildman–Crippen MR) is 61.9 cm³/mol. The van der Waals surface area contributed by atoms with E-state index in [9.17, 15) is 4.79 Å². The highest BCUT2D eigenvalue weighted by molar-refractivity contribution is 6.30. The van der Waals surface area contributed by atoms with E-state index in [0.717, 1.165) is 6.42 Å². The fourth-order valence-corrected chi connectivity index (χ4v) is 1.08. The van der Waals surface area contributed by atoms with Gasteiger partial charge in [0.1, 0.15) is 5.82 Å². The van der Waals surface area contributed by atoms with E-state index in [0.29, 0.717) is 10.8 Å². The molecule has 0 aliphatic rings. The molecule has 3 nitrogen and oxygen atoms in total. The van der Waals surface area contributed by atoms with Gasteiger partial charge in [-0.25, -0.2) is 4.98 Å². The van der Waals surface area contributed by atoms with Crippen LogP contribution in [-0.2, 0) is 4.79 Å². The zero-order chi connectivity index (χ0) is 11.5. The van der Waals surface area contributed by atoms with E-state index in [4.69, 9.17) is 11.6 Å². The van der Waals surface area contributed by atoms with Gasteiger partial charge in [0.15, 0.2) is 0 Å². The molecule has 15 heavy (non-hydrogen) atoms. The number of amides is 1. The summed E-state index contributed by atoms with van der Waals surface area (Å²) < 4.78 is 0. The van der Waals surface area contributed by atoms with Crippen LogP contribution in [-0.4, -0.2) is 10.9 Å². The molecule has 0 unspecified atom stereocenters. The second kappa shape index (κ2) is 4.62. The largest absolute Gasteiger partial charge is 0.310 e. The molecule has 1 aromatic rings. The van der Waals surface area contributed by atoms with E-state index in [1.165, 1.54) is 0 Å². The third kappa shape index (κ3) is 3.20. The number of hydrogen-bond donors (Lipinski definition) is 1. The molecule has 1 heterocycles. The molecule has 0 atom stereocenters. The number of pyridine rings is 1. The Bertz CT molecular complexity index is 363. The Labute approximate surface area is 94.9 Å². The first-order valence-electron chi connectivity index (χ1n) is 4.88. The first kappa shape index (κ1) is 12.0. The highest BCUT2D eigenvalue weighted by atomic mass is 35.5. The standard InChI is InChI=1S/C11H15ClN2O/c1-4-11(2,3)10(15)14-9-7-8(12)5-6-13-9/h5-7H,4H2,1-3H3,(H,13,14,15). The zero-order valence-corrected chi connectivity index (χ0v) is 9.93. The van der Waals surface area contributed by atoms with Gasteiger partial charge in [-0.1, -0.05) is 32.4 Å². The van der Waals surface area contributed by atoms with Gasteiger partial charge < -0.3 is 5.32 Å². The minimum absolute atomic E-state index is 0.0419. The summed E-state index contributed by atoms with van der Waals surface area (Å²) in [6, 6.07) is 3.30. The fourth-order valence-electron chi connectivity index (χ4n) is 0.919. The number of carbonyl (C=O) groups is 1. The summed E-state index contributed by atoms with van der Waals surface area (Å²) in [5.41, 5.74) is -0.385. The van der Waals surface area contributed by atoms with E-state index in [1.54, 1.807) is 18.3 Å². The van der Waals surface area contributed by atoms with Gasteiger partial charge in [0, 0.05) is 16.6 Å². The lowest BCUT2D eigenvalue weighted by molar-refractivity contribution is -0.124. The second-order valence-corrected chi connectivity index (χ2v) is 4.49. The summed E-state index contributed by atoms with van der Waals surface area (Å²) in [4.78, 5) is 15.8. The van der Waals surface area contributed by atoms with E-state index < -0.39 is 0 Å². The molecular weight excluding hydrogens is 212 g/mol. The second-order valence-electron chi connectivity index (χ2n) is 4.05. The number of anilines is 1. The van der Waals surface area contributed by atoms with Crippen LogP contribution in [0.4, 0.5) is 5.82 Å². The molecule has 1 aromatic heterocycles. The summed E-state index contributed by atoms with van der Waals surface area (Å²) in [7, 11) is 0. The van der Waals surface area contributed by atoms with E-state index in [1.807, 2.05) is 20.8 Å². The van der Waals surface area contributed by atoms with E-state index in [2.05, 4.69) is 10.3 Å². The van der Waals surface area contributed by atoms with Crippen molar-refractivity contribution in [2.75, 3.05) is 5.32 Å². The minimum atomic E-state index is -0.385. The molecule has 0 fully saturated rings. The van der Waals surface area contributed by atoms with Crippen molar-refractivity contribution in [3.8, 4) is 0 Å². The third-order valence-electron chi connectivity index (χ3n) is 2.46. The molecule has 1 N–H and O–H groups in total. The van der Waals surface area contributed by atoms with Gasteiger partial charge in [-0.2, -0.15) is 0 Å². The Hall–Kier alpha value is -1.09. The minimum Gasteiger partial charge on any atom is -0.310 e. The van der Waals surface area contributed by atoms with Crippen LogP contribution in [0.25, 0.3) is 0 Å². The topological polar surface area (TPSA) is 42.0 Å². The van der Waals surface area contributed by atoms with Crippen molar-refractivity contribution in [1.29, 1.82) is 0 Å². The molecule has 0 aromatic carbocycles. The van der Waals surface area contributed by atoms with Crippen LogP contribution >= 0.6 is 11.6 Å². The van der Waals surface area contributed by atoms with Crippen molar-refractivity contribution in [1.82, 2.24) is 4.98 Å². The van der Waals surface area contributed by atoms with Crippen molar-refractivity contribution in [2.24, 2.45) is 5.41 Å². The number of halogens is 1. The molecular formula is C11H15ClN2O.